The van der Waals surface area contributed by atoms with E-state index in [0.29, 0.717) is 14.3 Å². The van der Waals surface area contributed by atoms with E-state index in [4.69, 9.17) is 16.7 Å². The lowest BCUT2D eigenvalue weighted by atomic mass is 10.3. The van der Waals surface area contributed by atoms with Gasteiger partial charge in [0.05, 0.1) is 5.69 Å². The molecule has 14 heavy (non-hydrogen) atoms. The second-order valence-corrected chi connectivity index (χ2v) is 3.98. The Morgan fingerprint density at radius 2 is 2.07 bits per heavy atom. The number of halogens is 2. The summed E-state index contributed by atoms with van der Waals surface area (Å²) in [6.45, 7) is 0. The Morgan fingerprint density at radius 3 is 2.57 bits per heavy atom. The highest BCUT2D eigenvalue weighted by molar-refractivity contribution is 14.1. The van der Waals surface area contributed by atoms with Gasteiger partial charge in [-0.1, -0.05) is 11.6 Å². The maximum Gasteiger partial charge on any atom is 0.394 e. The van der Waals surface area contributed by atoms with Crippen molar-refractivity contribution < 1.29 is 14.7 Å². The van der Waals surface area contributed by atoms with Gasteiger partial charge in [-0.3, -0.25) is 4.79 Å². The molecule has 0 saturated carbocycles. The summed E-state index contributed by atoms with van der Waals surface area (Å²) in [6.07, 6.45) is 0. The molecule has 0 atom stereocenters. The maximum absolute atomic E-state index is 10.8. The monoisotopic (exact) mass is 325 g/mol. The highest BCUT2D eigenvalue weighted by Crippen LogP contribution is 2.22. The number of hydrogen-bond acceptors (Lipinski definition) is 2. The van der Waals surface area contributed by atoms with Crippen LogP contribution in [0.4, 0.5) is 5.69 Å². The molecule has 0 bridgehead atoms. The number of carbonyl (C=O) groups is 2. The van der Waals surface area contributed by atoms with Crippen molar-refractivity contribution in [1.82, 2.24) is 0 Å². The van der Waals surface area contributed by atoms with Gasteiger partial charge in [0.25, 0.3) is 0 Å². The fraction of sp³-hybridized carbons (Fsp3) is 0. The normalized spacial score (nSPS) is 9.57. The molecule has 0 aromatic heterocycles. The van der Waals surface area contributed by atoms with Crippen molar-refractivity contribution in [3.63, 3.8) is 0 Å². The molecule has 0 heterocycles. The fourth-order valence-electron chi connectivity index (χ4n) is 0.767. The van der Waals surface area contributed by atoms with Crippen molar-refractivity contribution in [2.24, 2.45) is 0 Å². The van der Waals surface area contributed by atoms with Gasteiger partial charge in [-0.15, -0.1) is 0 Å². The summed E-state index contributed by atoms with van der Waals surface area (Å²) in [4.78, 5) is 21.0. The number of rotatable bonds is 1. The lowest BCUT2D eigenvalue weighted by Gasteiger charge is -2.04. The minimum absolute atomic E-state index is 0.433. The molecule has 1 aromatic rings. The predicted octanol–water partition coefficient (Wildman–Crippen LogP) is 1.97. The van der Waals surface area contributed by atoms with Gasteiger partial charge in [-0.25, -0.2) is 4.79 Å². The summed E-state index contributed by atoms with van der Waals surface area (Å²) >= 11 is 7.63. The third-order valence-corrected chi connectivity index (χ3v) is 2.50. The van der Waals surface area contributed by atoms with E-state index in [0.717, 1.165) is 0 Å². The van der Waals surface area contributed by atoms with E-state index in [-0.39, 0.29) is 0 Å². The third kappa shape index (κ3) is 2.85. The second kappa shape index (κ2) is 4.61. The van der Waals surface area contributed by atoms with Crippen molar-refractivity contribution in [2.45, 2.75) is 0 Å². The van der Waals surface area contributed by atoms with Gasteiger partial charge in [0.1, 0.15) is 0 Å². The van der Waals surface area contributed by atoms with Gasteiger partial charge >= 0.3 is 11.9 Å². The van der Waals surface area contributed by atoms with Crippen molar-refractivity contribution in [3.05, 3.63) is 26.8 Å². The van der Waals surface area contributed by atoms with Gasteiger partial charge in [0, 0.05) is 8.59 Å². The van der Waals surface area contributed by atoms with Crippen LogP contribution in [0.3, 0.4) is 0 Å². The number of aliphatic carboxylic acids is 1. The molecule has 0 unspecified atom stereocenters. The van der Waals surface area contributed by atoms with Crippen molar-refractivity contribution in [3.8, 4) is 0 Å². The summed E-state index contributed by atoms with van der Waals surface area (Å²) in [5.41, 5.74) is 0.433. The molecule has 4 nitrogen and oxygen atoms in total. The molecular formula is C8H5ClINO3. The SMILES string of the molecule is O=C(O)C(=O)Nc1ccc(Cl)cc1I. The molecule has 0 fully saturated rings. The molecule has 0 saturated heterocycles. The number of hydrogen-bond donors (Lipinski definition) is 2. The zero-order valence-corrected chi connectivity index (χ0v) is 9.67. The molecule has 0 aliphatic carbocycles. The summed E-state index contributed by atoms with van der Waals surface area (Å²) in [7, 11) is 0. The number of nitrogens with one attached hydrogen (secondary N) is 1. The second-order valence-electron chi connectivity index (χ2n) is 2.38. The van der Waals surface area contributed by atoms with Crippen LogP contribution in [0.15, 0.2) is 18.2 Å². The van der Waals surface area contributed by atoms with Crippen LogP contribution in [-0.2, 0) is 9.59 Å². The molecule has 2 N–H and O–H groups in total. The quantitative estimate of drug-likeness (QED) is 0.613. The minimum Gasteiger partial charge on any atom is -0.474 e. The van der Waals surface area contributed by atoms with Gasteiger partial charge in [0.2, 0.25) is 0 Å². The van der Waals surface area contributed by atoms with Crippen LogP contribution < -0.4 is 5.32 Å². The lowest BCUT2D eigenvalue weighted by molar-refractivity contribution is -0.147. The molecule has 0 radical (unpaired) electrons. The molecule has 6 heteroatoms. The number of benzene rings is 1. The summed E-state index contributed by atoms with van der Waals surface area (Å²) in [6, 6.07) is 4.74. The molecule has 74 valence electrons. The summed E-state index contributed by atoms with van der Waals surface area (Å²) in [5.74, 6) is -2.58. The maximum atomic E-state index is 10.8. The molecule has 1 rings (SSSR count). The van der Waals surface area contributed by atoms with E-state index in [1.807, 2.05) is 22.6 Å². The van der Waals surface area contributed by atoms with Gasteiger partial charge in [0.15, 0.2) is 0 Å². The van der Waals surface area contributed by atoms with E-state index in [9.17, 15) is 9.59 Å². The topological polar surface area (TPSA) is 66.4 Å². The molecule has 1 aromatic carbocycles. The number of amides is 1. The zero-order valence-electron chi connectivity index (χ0n) is 6.75. The Morgan fingerprint density at radius 1 is 1.43 bits per heavy atom. The smallest absolute Gasteiger partial charge is 0.394 e. The standard InChI is InChI=1S/C8H5ClINO3/c9-4-1-2-6(5(10)3-4)11-7(12)8(13)14/h1-3H,(H,11,12)(H,13,14). The first-order chi connectivity index (χ1) is 6.50. The minimum atomic E-state index is -1.52. The Kier molecular flexibility index (Phi) is 3.70. The molecule has 0 aliphatic rings. The first kappa shape index (κ1) is 11.3. The van der Waals surface area contributed by atoms with Crippen molar-refractivity contribution >= 4 is 51.8 Å². The third-order valence-electron chi connectivity index (χ3n) is 1.37. The summed E-state index contributed by atoms with van der Waals surface area (Å²) in [5, 5.41) is 11.1. The predicted molar refractivity (Wildman–Crippen MR) is 60.4 cm³/mol. The van der Waals surface area contributed by atoms with Crippen LogP contribution in [0.5, 0.6) is 0 Å². The van der Waals surface area contributed by atoms with E-state index in [1.54, 1.807) is 18.2 Å². The highest BCUT2D eigenvalue weighted by atomic mass is 127. The average Bonchev–Trinajstić information content (AvgIpc) is 2.09. The van der Waals surface area contributed by atoms with Crippen LogP contribution in [0.2, 0.25) is 5.02 Å². The first-order valence-electron chi connectivity index (χ1n) is 3.50. The molecular weight excluding hydrogens is 320 g/mol. The van der Waals surface area contributed by atoms with E-state index in [2.05, 4.69) is 5.32 Å². The van der Waals surface area contributed by atoms with E-state index >= 15 is 0 Å². The van der Waals surface area contributed by atoms with Crippen molar-refractivity contribution in [1.29, 1.82) is 0 Å². The van der Waals surface area contributed by atoms with Gasteiger partial charge in [-0.05, 0) is 40.8 Å². The van der Waals surface area contributed by atoms with Crippen LogP contribution in [0.1, 0.15) is 0 Å². The molecule has 0 aliphatic heterocycles. The number of carboxylic acid groups (broad SMARTS) is 1. The zero-order chi connectivity index (χ0) is 10.7. The van der Waals surface area contributed by atoms with Gasteiger partial charge < -0.3 is 10.4 Å². The number of carbonyl (C=O) groups excluding carboxylic acids is 1. The Labute approximate surface area is 98.4 Å². The van der Waals surface area contributed by atoms with Crippen LogP contribution in [0, 0.1) is 3.57 Å². The Bertz CT molecular complexity index is 394. The van der Waals surface area contributed by atoms with E-state index < -0.39 is 11.9 Å². The van der Waals surface area contributed by atoms with Crippen LogP contribution >= 0.6 is 34.2 Å². The van der Waals surface area contributed by atoms with E-state index in [1.165, 1.54) is 0 Å². The fourth-order valence-corrected chi connectivity index (χ4v) is 1.77. The first-order valence-corrected chi connectivity index (χ1v) is 4.95. The highest BCUT2D eigenvalue weighted by Gasteiger charge is 2.12. The largest absolute Gasteiger partial charge is 0.474 e. The number of carboxylic acids is 1. The van der Waals surface area contributed by atoms with Gasteiger partial charge in [-0.2, -0.15) is 0 Å². The summed E-state index contributed by atoms with van der Waals surface area (Å²) < 4.78 is 0.685. The lowest BCUT2D eigenvalue weighted by Crippen LogP contribution is -2.22. The van der Waals surface area contributed by atoms with Crippen LogP contribution in [-0.4, -0.2) is 17.0 Å². The molecule has 0 spiro atoms. The number of anilines is 1. The van der Waals surface area contributed by atoms with Crippen LogP contribution in [0.25, 0.3) is 0 Å². The molecule has 1 amide bonds. The van der Waals surface area contributed by atoms with Crippen molar-refractivity contribution in [2.75, 3.05) is 5.32 Å². The Hall–Kier alpha value is -0.820. The Balaban J connectivity index is 2.87. The average molecular weight is 325 g/mol.